The monoisotopic (exact) mass is 447 g/mol. The second-order valence-corrected chi connectivity index (χ2v) is 10.5. The number of pyridine rings is 1. The zero-order chi connectivity index (χ0) is 23.2. The molecule has 4 heteroatoms. The third kappa shape index (κ3) is 2.18. The molecule has 0 radical (unpaired) electrons. The summed E-state index contributed by atoms with van der Waals surface area (Å²) in [6, 6.07) is 16.1. The summed E-state index contributed by atoms with van der Waals surface area (Å²) < 4.78 is 5.03. The Morgan fingerprint density at radius 3 is 2.62 bits per heavy atom. The van der Waals surface area contributed by atoms with Gasteiger partial charge in [-0.15, -0.1) is 0 Å². The maximum atomic E-state index is 4.94. The fraction of sp³-hybridized carbons (Fsp3) is 0.367. The molecule has 4 bridgehead atoms. The molecule has 2 atom stereocenters. The van der Waals surface area contributed by atoms with E-state index < -0.39 is 0 Å². The lowest BCUT2D eigenvalue weighted by atomic mass is 9.57. The van der Waals surface area contributed by atoms with Crippen LogP contribution in [0.2, 0.25) is 0 Å². The van der Waals surface area contributed by atoms with E-state index >= 15 is 0 Å². The van der Waals surface area contributed by atoms with E-state index in [9.17, 15) is 0 Å². The molecule has 2 aromatic carbocycles. The van der Waals surface area contributed by atoms with Gasteiger partial charge in [0.15, 0.2) is 11.2 Å². The number of aryl methyl sites for hydroxylation is 1. The summed E-state index contributed by atoms with van der Waals surface area (Å²) in [5, 5.41) is 2.73. The fourth-order valence-corrected chi connectivity index (χ4v) is 7.61. The standard InChI is InChI=1S/C30H31N4/c1-5-12-30(6-2)23-14-21-20-10-8-9-11-25(20)33(7-3)26(21)15-22(23)27-18-31-24-13-19-16-29(30,4)34(27)28(24)32-17-19/h8-11,13-15,17-18H,5-7,12,16H2,1-4H3/q+1. The lowest BCUT2D eigenvalue weighted by Crippen LogP contribution is -2.69. The van der Waals surface area contributed by atoms with Crippen LogP contribution in [0.15, 0.2) is 54.9 Å². The second kappa shape index (κ2) is 6.65. The number of nitrogens with zero attached hydrogens (tertiary/aromatic N) is 4. The van der Waals surface area contributed by atoms with Crippen LogP contribution >= 0.6 is 0 Å². The summed E-state index contributed by atoms with van der Waals surface area (Å²) in [4.78, 5) is 9.85. The van der Waals surface area contributed by atoms with Crippen molar-refractivity contribution in [1.29, 1.82) is 0 Å². The smallest absolute Gasteiger partial charge is 0.341 e. The van der Waals surface area contributed by atoms with E-state index in [-0.39, 0.29) is 11.0 Å². The Balaban J connectivity index is 1.70. The number of aromatic nitrogens is 4. The van der Waals surface area contributed by atoms with Gasteiger partial charge in [0, 0.05) is 51.3 Å². The molecule has 3 aromatic heterocycles. The van der Waals surface area contributed by atoms with Crippen LogP contribution in [0.4, 0.5) is 0 Å². The van der Waals surface area contributed by atoms with Gasteiger partial charge in [-0.2, -0.15) is 0 Å². The first kappa shape index (κ1) is 20.1. The Kier molecular flexibility index (Phi) is 3.94. The van der Waals surface area contributed by atoms with Gasteiger partial charge < -0.3 is 4.57 Å². The summed E-state index contributed by atoms with van der Waals surface area (Å²) in [6.07, 6.45) is 8.57. The molecular weight excluding hydrogens is 416 g/mol. The number of para-hydroxylation sites is 1. The summed E-state index contributed by atoms with van der Waals surface area (Å²) in [6.45, 7) is 10.4. The normalized spacial score (nSPS) is 22.7. The number of hydrogen-bond donors (Lipinski definition) is 0. The van der Waals surface area contributed by atoms with Crippen LogP contribution in [0.5, 0.6) is 0 Å². The molecular formula is C30H31N4+. The molecule has 0 fully saturated rings. The van der Waals surface area contributed by atoms with E-state index in [1.807, 2.05) is 0 Å². The maximum Gasteiger partial charge on any atom is 0.349 e. The number of hydrogen-bond acceptors (Lipinski definition) is 2. The van der Waals surface area contributed by atoms with Gasteiger partial charge in [-0.05, 0) is 61.5 Å². The fourth-order valence-electron chi connectivity index (χ4n) is 7.61. The number of rotatable bonds is 4. The van der Waals surface area contributed by atoms with Gasteiger partial charge in [-0.3, -0.25) is 0 Å². The Morgan fingerprint density at radius 1 is 0.971 bits per heavy atom. The molecule has 8 rings (SSSR count). The average molecular weight is 448 g/mol. The largest absolute Gasteiger partial charge is 0.349 e. The molecule has 6 heterocycles. The molecule has 5 aromatic rings. The summed E-state index contributed by atoms with van der Waals surface area (Å²) >= 11 is 0. The minimum Gasteiger partial charge on any atom is -0.341 e. The third-order valence-electron chi connectivity index (χ3n) is 9.06. The van der Waals surface area contributed by atoms with Crippen LogP contribution < -0.4 is 4.57 Å². The maximum absolute atomic E-state index is 4.94. The van der Waals surface area contributed by atoms with Crippen LogP contribution in [-0.2, 0) is 23.9 Å². The SMILES string of the molecule is CCCC1(CC)c2cc3c4ccccc4n(CC)c3cc2-c2cnc3cc4cnc3[n+]2C1(C)C4. The first-order chi connectivity index (χ1) is 16.6. The van der Waals surface area contributed by atoms with Crippen molar-refractivity contribution >= 4 is 33.0 Å². The van der Waals surface area contributed by atoms with Crippen molar-refractivity contribution in [3.63, 3.8) is 0 Å². The molecule has 0 saturated heterocycles. The molecule has 0 N–H and O–H groups in total. The topological polar surface area (TPSA) is 34.6 Å². The van der Waals surface area contributed by atoms with E-state index in [2.05, 4.69) is 91.7 Å². The predicted molar refractivity (Wildman–Crippen MR) is 138 cm³/mol. The van der Waals surface area contributed by atoms with E-state index in [4.69, 9.17) is 9.97 Å². The van der Waals surface area contributed by atoms with Crippen molar-refractivity contribution in [3.8, 4) is 11.3 Å². The predicted octanol–water partition coefficient (Wildman–Crippen LogP) is 6.44. The van der Waals surface area contributed by atoms with Gasteiger partial charge >= 0.3 is 5.65 Å². The molecule has 0 amide bonds. The summed E-state index contributed by atoms with van der Waals surface area (Å²) in [5.41, 5.74) is 9.93. The van der Waals surface area contributed by atoms with Crippen molar-refractivity contribution < 1.29 is 4.57 Å². The van der Waals surface area contributed by atoms with Gasteiger partial charge in [-0.1, -0.05) is 38.5 Å². The van der Waals surface area contributed by atoms with E-state index in [1.165, 1.54) is 44.2 Å². The molecule has 0 saturated carbocycles. The second-order valence-electron chi connectivity index (χ2n) is 10.5. The van der Waals surface area contributed by atoms with Crippen molar-refractivity contribution in [3.05, 3.63) is 66.0 Å². The number of benzene rings is 2. The van der Waals surface area contributed by atoms with Crippen LogP contribution in [-0.4, -0.2) is 14.5 Å². The first-order valence-corrected chi connectivity index (χ1v) is 12.8. The van der Waals surface area contributed by atoms with Gasteiger partial charge in [0.1, 0.15) is 11.7 Å². The minimum absolute atomic E-state index is 0.0167. The van der Waals surface area contributed by atoms with E-state index in [0.29, 0.717) is 0 Å². The molecule has 0 spiro atoms. The quantitative estimate of drug-likeness (QED) is 0.297. The molecule has 34 heavy (non-hydrogen) atoms. The molecule has 0 aliphatic carbocycles. The molecule has 170 valence electrons. The summed E-state index contributed by atoms with van der Waals surface area (Å²) in [7, 11) is 0. The van der Waals surface area contributed by atoms with Crippen LogP contribution in [0.3, 0.4) is 0 Å². The van der Waals surface area contributed by atoms with Crippen molar-refractivity contribution in [2.45, 2.75) is 70.9 Å². The molecule has 3 aliphatic heterocycles. The Labute approximate surface area is 200 Å². The lowest BCUT2D eigenvalue weighted by molar-refractivity contribution is -0.744. The van der Waals surface area contributed by atoms with Crippen molar-refractivity contribution in [2.24, 2.45) is 0 Å². The highest BCUT2D eigenvalue weighted by Gasteiger charge is 2.58. The van der Waals surface area contributed by atoms with Crippen molar-refractivity contribution in [2.75, 3.05) is 0 Å². The lowest BCUT2D eigenvalue weighted by Gasteiger charge is -2.50. The van der Waals surface area contributed by atoms with Gasteiger partial charge in [0.25, 0.3) is 0 Å². The highest BCUT2D eigenvalue weighted by atomic mass is 15.2. The third-order valence-corrected chi connectivity index (χ3v) is 9.06. The zero-order valence-corrected chi connectivity index (χ0v) is 20.5. The average Bonchev–Trinajstić information content (AvgIpc) is 3.03. The Hall–Kier alpha value is -3.27. The summed E-state index contributed by atoms with van der Waals surface area (Å²) in [5.74, 6) is 0. The molecule has 4 nitrogen and oxygen atoms in total. The van der Waals surface area contributed by atoms with E-state index in [0.717, 1.165) is 43.4 Å². The van der Waals surface area contributed by atoms with Crippen LogP contribution in [0.25, 0.3) is 44.2 Å². The molecule has 3 aliphatic rings. The number of fused-ring (bicyclic) bond motifs is 6. The van der Waals surface area contributed by atoms with Gasteiger partial charge in [0.05, 0.1) is 6.20 Å². The first-order valence-electron chi connectivity index (χ1n) is 12.8. The minimum atomic E-state index is -0.0945. The molecule has 2 unspecified atom stereocenters. The highest BCUT2D eigenvalue weighted by Crippen LogP contribution is 2.54. The van der Waals surface area contributed by atoms with Crippen molar-refractivity contribution in [1.82, 2.24) is 14.5 Å². The van der Waals surface area contributed by atoms with Gasteiger partial charge in [0.2, 0.25) is 0 Å². The highest BCUT2D eigenvalue weighted by molar-refractivity contribution is 6.09. The van der Waals surface area contributed by atoms with Crippen LogP contribution in [0, 0.1) is 0 Å². The Morgan fingerprint density at radius 2 is 1.82 bits per heavy atom. The zero-order valence-electron chi connectivity index (χ0n) is 20.5. The van der Waals surface area contributed by atoms with E-state index in [1.54, 1.807) is 0 Å². The van der Waals surface area contributed by atoms with Gasteiger partial charge in [-0.25, -0.2) is 9.55 Å². The Bertz CT molecular complexity index is 1650. The van der Waals surface area contributed by atoms with Crippen LogP contribution in [0.1, 0.15) is 58.1 Å².